The number of aryl methyl sites for hydroxylation is 1. The number of hydrogen-bond donors (Lipinski definition) is 2. The summed E-state index contributed by atoms with van der Waals surface area (Å²) < 4.78 is 15.2. The van der Waals surface area contributed by atoms with Gasteiger partial charge in [-0.3, -0.25) is 10.00 Å². The second-order valence-electron chi connectivity index (χ2n) is 8.57. The molecule has 0 saturated carbocycles. The van der Waals surface area contributed by atoms with Crippen LogP contribution in [0, 0.1) is 0 Å². The molecule has 2 N–H and O–H groups in total. The lowest BCUT2D eigenvalue weighted by molar-refractivity contribution is 0.121. The van der Waals surface area contributed by atoms with E-state index < -0.39 is 6.09 Å². The molecule has 5 aromatic rings. The molecule has 0 radical (unpaired) electrons. The number of carbonyl (C=O) groups excluding carboxylic acids is 1. The lowest BCUT2D eigenvalue weighted by Crippen LogP contribution is -2.18. The molecule has 3 heterocycles. The first-order valence-electron chi connectivity index (χ1n) is 11.8. The van der Waals surface area contributed by atoms with Crippen molar-refractivity contribution in [2.45, 2.75) is 19.4 Å². The Morgan fingerprint density at radius 1 is 1.05 bits per heavy atom. The largest absolute Gasteiger partial charge is 0.496 e. The standard InChI is InChI=1S/C28H27N3O4S2/c1-17(19-7-5-4-6-8-19)35-28(33)30-27-21(16-29-31(27)2)24-15-26-25(37-24)14-23(36-26)20-10-9-18(11-12-32)13-22(20)34-3/h4-10,13-17,32H,11-12H2,1-3H3,(H,30,33). The molecule has 1 amide bonds. The molecule has 0 aliphatic heterocycles. The maximum atomic E-state index is 12.7. The van der Waals surface area contributed by atoms with Crippen LogP contribution < -0.4 is 10.1 Å². The number of anilines is 1. The Balaban J connectivity index is 1.37. The molecule has 7 nitrogen and oxygen atoms in total. The van der Waals surface area contributed by atoms with Crippen LogP contribution in [0.5, 0.6) is 5.75 Å². The van der Waals surface area contributed by atoms with Gasteiger partial charge in [-0.05, 0) is 48.7 Å². The van der Waals surface area contributed by atoms with E-state index in [9.17, 15) is 9.90 Å². The van der Waals surface area contributed by atoms with Gasteiger partial charge in [-0.1, -0.05) is 36.4 Å². The summed E-state index contributed by atoms with van der Waals surface area (Å²) in [6.45, 7) is 1.95. The third kappa shape index (κ3) is 5.24. The SMILES string of the molecule is COc1cc(CCO)ccc1-c1cc2sc(-c3cnn(C)c3NC(=O)OC(C)c3ccccc3)cc2s1. The van der Waals surface area contributed by atoms with E-state index in [2.05, 4.69) is 22.5 Å². The number of aliphatic hydroxyl groups excluding tert-OH is 1. The van der Waals surface area contributed by atoms with E-state index in [1.54, 1.807) is 47.7 Å². The number of benzene rings is 2. The van der Waals surface area contributed by atoms with E-state index in [4.69, 9.17) is 9.47 Å². The van der Waals surface area contributed by atoms with Crippen molar-refractivity contribution in [1.29, 1.82) is 0 Å². The molecular formula is C28H27N3O4S2. The van der Waals surface area contributed by atoms with Gasteiger partial charge < -0.3 is 14.6 Å². The second kappa shape index (κ2) is 10.8. The first kappa shape index (κ1) is 25.0. The maximum absolute atomic E-state index is 12.7. The number of carbonyl (C=O) groups is 1. The minimum absolute atomic E-state index is 0.106. The fourth-order valence-corrected chi connectivity index (χ4v) is 6.61. The Kier molecular flexibility index (Phi) is 7.27. The minimum Gasteiger partial charge on any atom is -0.496 e. The van der Waals surface area contributed by atoms with Crippen molar-refractivity contribution >= 4 is 44.0 Å². The highest BCUT2D eigenvalue weighted by atomic mass is 32.1. The maximum Gasteiger partial charge on any atom is 0.413 e. The number of aliphatic hydroxyl groups is 1. The number of nitrogens with zero attached hydrogens (tertiary/aromatic N) is 2. The van der Waals surface area contributed by atoms with Crippen LogP contribution in [0.3, 0.4) is 0 Å². The minimum atomic E-state index is -0.529. The summed E-state index contributed by atoms with van der Waals surface area (Å²) in [6.07, 6.45) is 1.45. The van der Waals surface area contributed by atoms with Gasteiger partial charge in [0.25, 0.3) is 0 Å². The smallest absolute Gasteiger partial charge is 0.413 e. The number of rotatable bonds is 8. The fourth-order valence-electron chi connectivity index (χ4n) is 4.17. The Morgan fingerprint density at radius 3 is 2.43 bits per heavy atom. The second-order valence-corrected chi connectivity index (χ2v) is 10.7. The van der Waals surface area contributed by atoms with Crippen LogP contribution in [-0.2, 0) is 18.2 Å². The van der Waals surface area contributed by atoms with Gasteiger partial charge in [-0.15, -0.1) is 22.7 Å². The highest BCUT2D eigenvalue weighted by molar-refractivity contribution is 7.31. The molecule has 0 saturated heterocycles. The first-order chi connectivity index (χ1) is 18.0. The number of fused-ring (bicyclic) bond motifs is 1. The van der Waals surface area contributed by atoms with Gasteiger partial charge in [-0.2, -0.15) is 5.10 Å². The zero-order valence-electron chi connectivity index (χ0n) is 20.7. The molecule has 5 rings (SSSR count). The summed E-state index contributed by atoms with van der Waals surface area (Å²) in [4.78, 5) is 14.8. The average Bonchev–Trinajstić information content (AvgIpc) is 3.58. The molecule has 1 unspecified atom stereocenters. The van der Waals surface area contributed by atoms with E-state index in [1.165, 1.54) is 0 Å². The highest BCUT2D eigenvalue weighted by Gasteiger charge is 2.20. The van der Waals surface area contributed by atoms with E-state index in [0.717, 1.165) is 47.2 Å². The summed E-state index contributed by atoms with van der Waals surface area (Å²) in [7, 11) is 3.46. The molecule has 0 aliphatic carbocycles. The van der Waals surface area contributed by atoms with Crippen LogP contribution in [0.4, 0.5) is 10.6 Å². The van der Waals surface area contributed by atoms with Crippen LogP contribution in [-0.4, -0.2) is 34.7 Å². The van der Waals surface area contributed by atoms with Crippen LogP contribution in [0.2, 0.25) is 0 Å². The van der Waals surface area contributed by atoms with E-state index in [1.807, 2.05) is 55.5 Å². The van der Waals surface area contributed by atoms with Gasteiger partial charge in [0, 0.05) is 38.4 Å². The molecule has 37 heavy (non-hydrogen) atoms. The number of ether oxygens (including phenoxy) is 2. The highest BCUT2D eigenvalue weighted by Crippen LogP contribution is 2.45. The fraction of sp³-hybridized carbons (Fsp3) is 0.214. The van der Waals surface area contributed by atoms with Crippen molar-refractivity contribution in [3.8, 4) is 26.6 Å². The van der Waals surface area contributed by atoms with E-state index in [-0.39, 0.29) is 12.7 Å². The molecule has 0 aliphatic rings. The van der Waals surface area contributed by atoms with Gasteiger partial charge in [0.05, 0.1) is 18.9 Å². The van der Waals surface area contributed by atoms with Crippen molar-refractivity contribution in [2.24, 2.45) is 7.05 Å². The number of hydrogen-bond acceptors (Lipinski definition) is 7. The van der Waals surface area contributed by atoms with Crippen LogP contribution in [0.15, 0.2) is 66.9 Å². The summed E-state index contributed by atoms with van der Waals surface area (Å²) in [5.41, 5.74) is 3.83. The Bertz CT molecular complexity index is 1510. The quantitative estimate of drug-likeness (QED) is 0.227. The summed E-state index contributed by atoms with van der Waals surface area (Å²) in [5.74, 6) is 1.38. The van der Waals surface area contributed by atoms with Gasteiger partial charge >= 0.3 is 6.09 Å². The number of thiophene rings is 2. The Morgan fingerprint density at radius 2 is 1.76 bits per heavy atom. The number of methoxy groups -OCH3 is 1. The topological polar surface area (TPSA) is 85.6 Å². The molecule has 9 heteroatoms. The first-order valence-corrected chi connectivity index (χ1v) is 13.5. The van der Waals surface area contributed by atoms with Gasteiger partial charge in [0.1, 0.15) is 17.7 Å². The normalized spacial score (nSPS) is 12.0. The lowest BCUT2D eigenvalue weighted by Gasteiger charge is -2.14. The van der Waals surface area contributed by atoms with Gasteiger partial charge in [0.2, 0.25) is 0 Å². The third-order valence-electron chi connectivity index (χ3n) is 6.12. The van der Waals surface area contributed by atoms with Crippen molar-refractivity contribution in [3.05, 3.63) is 78.0 Å². The third-order valence-corrected chi connectivity index (χ3v) is 8.48. The Labute approximate surface area is 222 Å². The average molecular weight is 534 g/mol. The summed E-state index contributed by atoms with van der Waals surface area (Å²) in [5, 5.41) is 16.5. The predicted octanol–water partition coefficient (Wildman–Crippen LogP) is 6.88. The van der Waals surface area contributed by atoms with Crippen LogP contribution in [0.1, 0.15) is 24.2 Å². The molecule has 3 aromatic heterocycles. The van der Waals surface area contributed by atoms with Crippen LogP contribution in [0.25, 0.3) is 30.3 Å². The molecule has 2 aromatic carbocycles. The van der Waals surface area contributed by atoms with Crippen molar-refractivity contribution in [3.63, 3.8) is 0 Å². The monoisotopic (exact) mass is 533 g/mol. The molecule has 0 spiro atoms. The van der Waals surface area contributed by atoms with Gasteiger partial charge in [-0.25, -0.2) is 4.79 Å². The molecular weight excluding hydrogens is 506 g/mol. The van der Waals surface area contributed by atoms with Crippen molar-refractivity contribution < 1.29 is 19.4 Å². The van der Waals surface area contributed by atoms with Crippen molar-refractivity contribution in [2.75, 3.05) is 19.0 Å². The number of amides is 1. The molecule has 0 bridgehead atoms. The number of nitrogens with one attached hydrogen (secondary N) is 1. The summed E-state index contributed by atoms with van der Waals surface area (Å²) >= 11 is 3.34. The molecule has 1 atom stereocenters. The van der Waals surface area contributed by atoms with Crippen molar-refractivity contribution in [1.82, 2.24) is 9.78 Å². The van der Waals surface area contributed by atoms with E-state index >= 15 is 0 Å². The lowest BCUT2D eigenvalue weighted by atomic mass is 10.1. The summed E-state index contributed by atoms with van der Waals surface area (Å²) in [6, 6.07) is 20.0. The van der Waals surface area contributed by atoms with Gasteiger partial charge in [0.15, 0.2) is 0 Å². The van der Waals surface area contributed by atoms with Crippen LogP contribution >= 0.6 is 22.7 Å². The molecule has 190 valence electrons. The zero-order valence-corrected chi connectivity index (χ0v) is 22.4. The predicted molar refractivity (Wildman–Crippen MR) is 150 cm³/mol. The zero-order chi connectivity index (χ0) is 25.9. The Hall–Kier alpha value is -3.66. The number of aromatic nitrogens is 2. The van der Waals surface area contributed by atoms with E-state index in [0.29, 0.717) is 12.2 Å². The molecule has 0 fully saturated rings.